The minimum absolute atomic E-state index is 0.175. The number of carbonyl (C=O) groups is 2. The van der Waals surface area contributed by atoms with Crippen molar-refractivity contribution in [3.8, 4) is 11.1 Å². The smallest absolute Gasteiger partial charge is 0.325 e. The number of benzene rings is 1. The first-order chi connectivity index (χ1) is 10.1. The number of nitrogens with zero attached hydrogens (tertiary/aromatic N) is 1. The van der Waals surface area contributed by atoms with E-state index in [1.807, 2.05) is 37.3 Å². The second-order valence-corrected chi connectivity index (χ2v) is 4.55. The van der Waals surface area contributed by atoms with Crippen LogP contribution in [0.5, 0.6) is 0 Å². The van der Waals surface area contributed by atoms with Gasteiger partial charge in [0.1, 0.15) is 12.2 Å². The Morgan fingerprint density at radius 3 is 2.52 bits per heavy atom. The average molecular weight is 284 g/mol. The maximum Gasteiger partial charge on any atom is 0.325 e. The van der Waals surface area contributed by atoms with Crippen molar-refractivity contribution >= 4 is 11.9 Å². The van der Waals surface area contributed by atoms with Crippen LogP contribution in [-0.2, 0) is 9.53 Å². The van der Waals surface area contributed by atoms with Gasteiger partial charge in [-0.1, -0.05) is 29.8 Å². The lowest BCUT2D eigenvalue weighted by Crippen LogP contribution is -2.30. The molecule has 0 atom stereocenters. The molecular weight excluding hydrogens is 268 g/mol. The summed E-state index contributed by atoms with van der Waals surface area (Å²) in [5.41, 5.74) is 3.33. The molecular formula is C16H16N2O3. The van der Waals surface area contributed by atoms with Crippen LogP contribution < -0.4 is 5.32 Å². The minimum atomic E-state index is -0.502. The second-order valence-electron chi connectivity index (χ2n) is 4.55. The normalized spacial score (nSPS) is 10.0. The first-order valence-electron chi connectivity index (χ1n) is 6.48. The van der Waals surface area contributed by atoms with Crippen molar-refractivity contribution in [3.63, 3.8) is 0 Å². The lowest BCUT2D eigenvalue weighted by Gasteiger charge is -2.06. The maximum absolute atomic E-state index is 11.9. The quantitative estimate of drug-likeness (QED) is 0.871. The molecule has 0 unspecified atom stereocenters. The number of carbonyl (C=O) groups excluding carboxylic acids is 2. The van der Waals surface area contributed by atoms with Crippen molar-refractivity contribution in [2.75, 3.05) is 13.7 Å². The number of hydrogen-bond donors (Lipinski definition) is 1. The number of rotatable bonds is 4. The van der Waals surface area contributed by atoms with Crippen LogP contribution in [0.2, 0.25) is 0 Å². The van der Waals surface area contributed by atoms with Gasteiger partial charge in [-0.25, -0.2) is 0 Å². The number of pyridine rings is 1. The number of aryl methyl sites for hydroxylation is 1. The monoisotopic (exact) mass is 284 g/mol. The van der Waals surface area contributed by atoms with Crippen LogP contribution in [0, 0.1) is 6.92 Å². The lowest BCUT2D eigenvalue weighted by atomic mass is 10.0. The standard InChI is InChI=1S/C16H16N2O3/c1-11-3-5-12(6-4-11)13-7-8-17-14(9-13)16(20)18-10-15(19)21-2/h3-9H,10H2,1-2H3,(H,18,20). The largest absolute Gasteiger partial charge is 0.468 e. The molecule has 1 aromatic carbocycles. The van der Waals surface area contributed by atoms with E-state index in [2.05, 4.69) is 15.0 Å². The summed E-state index contributed by atoms with van der Waals surface area (Å²) in [4.78, 5) is 27.0. The molecule has 0 aliphatic heterocycles. The van der Waals surface area contributed by atoms with Gasteiger partial charge in [0, 0.05) is 6.20 Å². The van der Waals surface area contributed by atoms with Crippen LogP contribution in [0.4, 0.5) is 0 Å². The summed E-state index contributed by atoms with van der Waals surface area (Å²) in [5, 5.41) is 2.46. The molecule has 0 saturated heterocycles. The zero-order chi connectivity index (χ0) is 15.2. The summed E-state index contributed by atoms with van der Waals surface area (Å²) < 4.78 is 4.47. The van der Waals surface area contributed by atoms with Gasteiger partial charge in [-0.2, -0.15) is 0 Å². The van der Waals surface area contributed by atoms with E-state index in [1.54, 1.807) is 12.3 Å². The summed E-state index contributed by atoms with van der Waals surface area (Å²) in [7, 11) is 1.27. The molecule has 0 bridgehead atoms. The third-order valence-corrected chi connectivity index (χ3v) is 3.00. The third kappa shape index (κ3) is 3.89. The zero-order valence-electron chi connectivity index (χ0n) is 11.9. The third-order valence-electron chi connectivity index (χ3n) is 3.00. The van der Waals surface area contributed by atoms with Crippen LogP contribution in [0.3, 0.4) is 0 Å². The van der Waals surface area contributed by atoms with Crippen molar-refractivity contribution < 1.29 is 14.3 Å². The molecule has 2 rings (SSSR count). The fraction of sp³-hybridized carbons (Fsp3) is 0.188. The molecule has 0 spiro atoms. The lowest BCUT2D eigenvalue weighted by molar-refractivity contribution is -0.139. The van der Waals surface area contributed by atoms with E-state index in [4.69, 9.17) is 0 Å². The van der Waals surface area contributed by atoms with Gasteiger partial charge in [-0.3, -0.25) is 14.6 Å². The Morgan fingerprint density at radius 2 is 1.86 bits per heavy atom. The highest BCUT2D eigenvalue weighted by molar-refractivity contribution is 5.95. The van der Waals surface area contributed by atoms with Gasteiger partial charge in [0.2, 0.25) is 0 Å². The SMILES string of the molecule is COC(=O)CNC(=O)c1cc(-c2ccc(C)cc2)ccn1. The van der Waals surface area contributed by atoms with Crippen molar-refractivity contribution in [2.45, 2.75) is 6.92 Å². The molecule has 1 aromatic heterocycles. The molecule has 0 radical (unpaired) electrons. The fourth-order valence-electron chi connectivity index (χ4n) is 1.80. The van der Waals surface area contributed by atoms with Crippen LogP contribution in [-0.4, -0.2) is 30.5 Å². The molecule has 108 valence electrons. The minimum Gasteiger partial charge on any atom is -0.468 e. The van der Waals surface area contributed by atoms with Crippen molar-refractivity contribution in [3.05, 3.63) is 53.9 Å². The molecule has 5 nitrogen and oxygen atoms in total. The molecule has 1 N–H and O–H groups in total. The first kappa shape index (κ1) is 14.7. The number of nitrogens with one attached hydrogen (secondary N) is 1. The topological polar surface area (TPSA) is 68.3 Å². The predicted octanol–water partition coefficient (Wildman–Crippen LogP) is 1.96. The van der Waals surface area contributed by atoms with Gasteiger partial charge in [-0.05, 0) is 30.2 Å². The van der Waals surface area contributed by atoms with E-state index in [0.717, 1.165) is 11.1 Å². The average Bonchev–Trinajstić information content (AvgIpc) is 2.53. The highest BCUT2D eigenvalue weighted by Gasteiger charge is 2.10. The summed E-state index contributed by atoms with van der Waals surface area (Å²) in [6.07, 6.45) is 1.57. The molecule has 5 heteroatoms. The van der Waals surface area contributed by atoms with Crippen LogP contribution in [0.15, 0.2) is 42.6 Å². The summed E-state index contributed by atoms with van der Waals surface area (Å²) in [5.74, 6) is -0.910. The van der Waals surface area contributed by atoms with Crippen LogP contribution in [0.1, 0.15) is 16.1 Å². The van der Waals surface area contributed by atoms with Crippen LogP contribution in [0.25, 0.3) is 11.1 Å². The molecule has 0 aliphatic rings. The number of aromatic nitrogens is 1. The summed E-state index contributed by atoms with van der Waals surface area (Å²) >= 11 is 0. The Morgan fingerprint density at radius 1 is 1.14 bits per heavy atom. The van der Waals surface area contributed by atoms with Crippen LogP contribution >= 0.6 is 0 Å². The number of amides is 1. The molecule has 0 saturated carbocycles. The van der Waals surface area contributed by atoms with Gasteiger partial charge in [0.05, 0.1) is 7.11 Å². The number of hydrogen-bond acceptors (Lipinski definition) is 4. The predicted molar refractivity (Wildman–Crippen MR) is 78.8 cm³/mol. The Bertz CT molecular complexity index is 651. The van der Waals surface area contributed by atoms with E-state index < -0.39 is 11.9 Å². The molecule has 1 heterocycles. The number of ether oxygens (including phenoxy) is 1. The van der Waals surface area contributed by atoms with Crippen molar-refractivity contribution in [1.82, 2.24) is 10.3 Å². The van der Waals surface area contributed by atoms with Gasteiger partial charge in [0.25, 0.3) is 5.91 Å². The van der Waals surface area contributed by atoms with Gasteiger partial charge >= 0.3 is 5.97 Å². The Kier molecular flexibility index (Phi) is 4.66. The van der Waals surface area contributed by atoms with Crippen molar-refractivity contribution in [1.29, 1.82) is 0 Å². The Labute approximate surface area is 123 Å². The van der Waals surface area contributed by atoms with Crippen molar-refractivity contribution in [2.24, 2.45) is 0 Å². The molecule has 2 aromatic rings. The zero-order valence-corrected chi connectivity index (χ0v) is 11.9. The highest BCUT2D eigenvalue weighted by Crippen LogP contribution is 2.19. The number of methoxy groups -OCH3 is 1. The van der Waals surface area contributed by atoms with E-state index in [-0.39, 0.29) is 12.2 Å². The van der Waals surface area contributed by atoms with Gasteiger partial charge in [-0.15, -0.1) is 0 Å². The van der Waals surface area contributed by atoms with E-state index in [1.165, 1.54) is 12.7 Å². The molecule has 21 heavy (non-hydrogen) atoms. The summed E-state index contributed by atoms with van der Waals surface area (Å²) in [6, 6.07) is 11.5. The van der Waals surface area contributed by atoms with E-state index >= 15 is 0 Å². The summed E-state index contributed by atoms with van der Waals surface area (Å²) in [6.45, 7) is 1.84. The van der Waals surface area contributed by atoms with E-state index in [0.29, 0.717) is 0 Å². The van der Waals surface area contributed by atoms with Gasteiger partial charge < -0.3 is 10.1 Å². The first-order valence-corrected chi connectivity index (χ1v) is 6.48. The van der Waals surface area contributed by atoms with Gasteiger partial charge in [0.15, 0.2) is 0 Å². The van der Waals surface area contributed by atoms with E-state index in [9.17, 15) is 9.59 Å². The fourth-order valence-corrected chi connectivity index (χ4v) is 1.80. The molecule has 0 fully saturated rings. The number of esters is 1. The highest BCUT2D eigenvalue weighted by atomic mass is 16.5. The molecule has 1 amide bonds. The Hall–Kier alpha value is -2.69. The second kappa shape index (κ2) is 6.65. The maximum atomic E-state index is 11.9. The molecule has 0 aliphatic carbocycles. The Balaban J connectivity index is 2.15.